The zero-order chi connectivity index (χ0) is 27.3. The molecule has 1 aromatic carbocycles. The Morgan fingerprint density at radius 2 is 1.85 bits per heavy atom. The minimum Gasteiger partial charge on any atom is -0.465 e. The summed E-state index contributed by atoms with van der Waals surface area (Å²) >= 11 is 0. The van der Waals surface area contributed by atoms with Crippen LogP contribution in [0.15, 0.2) is 48.7 Å². The number of rotatable bonds is 13. The van der Waals surface area contributed by atoms with Crippen LogP contribution >= 0.6 is 0 Å². The van der Waals surface area contributed by atoms with Gasteiger partial charge in [-0.1, -0.05) is 24.6 Å². The number of methoxy groups -OCH3 is 1. The first-order valence-corrected chi connectivity index (χ1v) is 14.2. The molecule has 1 saturated carbocycles. The number of carbonyl (C=O) groups is 1. The molecular weight excluding hydrogens is 499 g/mol. The highest BCUT2D eigenvalue weighted by atomic mass is 19.1. The van der Waals surface area contributed by atoms with Crippen LogP contribution in [-0.4, -0.2) is 88.9 Å². The van der Waals surface area contributed by atoms with Crippen molar-refractivity contribution in [3.8, 4) is 5.75 Å². The number of halogens is 1. The number of para-hydroxylation sites is 2. The number of pyridine rings is 1. The number of hydrogen-bond acceptors (Lipinski definition) is 7. The van der Waals surface area contributed by atoms with Crippen LogP contribution in [0.25, 0.3) is 0 Å². The smallest absolute Gasteiger partial charge is 0.231 e. The first-order valence-electron chi connectivity index (χ1n) is 14.2. The number of amides is 1. The fourth-order valence-corrected chi connectivity index (χ4v) is 5.45. The number of anilines is 2. The summed E-state index contributed by atoms with van der Waals surface area (Å²) in [5, 5.41) is 0. The molecule has 1 aliphatic carbocycles. The SMILES string of the molecule is COCCOCOc1ccccc1N1CCN(CCN(C(=O)[C@@H]2CCCC(CF)CC2)c2ccccn2)CC1. The van der Waals surface area contributed by atoms with Crippen LogP contribution in [0.2, 0.25) is 0 Å². The van der Waals surface area contributed by atoms with Crippen molar-refractivity contribution in [3.63, 3.8) is 0 Å². The van der Waals surface area contributed by atoms with Gasteiger partial charge in [0.05, 0.1) is 25.6 Å². The van der Waals surface area contributed by atoms with Gasteiger partial charge in [0.2, 0.25) is 5.91 Å². The molecule has 1 amide bonds. The fourth-order valence-electron chi connectivity index (χ4n) is 5.45. The van der Waals surface area contributed by atoms with Crippen molar-refractivity contribution in [2.75, 3.05) is 82.9 Å². The van der Waals surface area contributed by atoms with Crippen LogP contribution in [0, 0.1) is 11.8 Å². The number of alkyl halides is 1. The number of aromatic nitrogens is 1. The van der Waals surface area contributed by atoms with E-state index in [0.717, 1.165) is 76.3 Å². The van der Waals surface area contributed by atoms with Gasteiger partial charge in [-0.3, -0.25) is 19.0 Å². The second-order valence-corrected chi connectivity index (χ2v) is 10.4. The van der Waals surface area contributed by atoms with Crippen molar-refractivity contribution in [2.24, 2.45) is 11.8 Å². The molecule has 4 rings (SSSR count). The Labute approximate surface area is 232 Å². The Kier molecular flexibility index (Phi) is 11.8. The maximum atomic E-state index is 13.7. The van der Waals surface area contributed by atoms with Gasteiger partial charge < -0.3 is 19.1 Å². The van der Waals surface area contributed by atoms with Crippen LogP contribution < -0.4 is 14.5 Å². The number of piperazine rings is 1. The van der Waals surface area contributed by atoms with Crippen molar-refractivity contribution in [1.29, 1.82) is 0 Å². The third-order valence-corrected chi connectivity index (χ3v) is 7.80. The van der Waals surface area contributed by atoms with E-state index >= 15 is 0 Å². The number of benzene rings is 1. The van der Waals surface area contributed by atoms with Gasteiger partial charge in [-0.2, -0.15) is 0 Å². The minimum absolute atomic E-state index is 0.0598. The van der Waals surface area contributed by atoms with Gasteiger partial charge in [0, 0.05) is 58.5 Å². The van der Waals surface area contributed by atoms with E-state index < -0.39 is 0 Å². The standard InChI is InChI=1S/C30H43FN4O4/c1-37-21-22-38-24-39-28-10-3-2-9-27(28)34-18-15-33(16-19-34)17-20-35(29-11-4-5-14-32-29)30(36)26-8-6-7-25(23-31)12-13-26/h2-5,9-11,14,25-26H,6-8,12-13,15-24H2,1H3/t25?,26-/m1/s1. The van der Waals surface area contributed by atoms with Gasteiger partial charge in [-0.15, -0.1) is 0 Å². The van der Waals surface area contributed by atoms with Crippen molar-refractivity contribution in [1.82, 2.24) is 9.88 Å². The molecule has 1 aliphatic heterocycles. The van der Waals surface area contributed by atoms with E-state index in [2.05, 4.69) is 20.9 Å². The summed E-state index contributed by atoms with van der Waals surface area (Å²) in [5.41, 5.74) is 1.07. The molecule has 2 aliphatic rings. The van der Waals surface area contributed by atoms with Crippen molar-refractivity contribution in [3.05, 3.63) is 48.7 Å². The molecule has 0 spiro atoms. The normalized spacial score (nSPS) is 20.4. The molecule has 8 nitrogen and oxygen atoms in total. The van der Waals surface area contributed by atoms with Crippen LogP contribution in [-0.2, 0) is 14.3 Å². The first-order chi connectivity index (χ1) is 19.2. The highest BCUT2D eigenvalue weighted by Crippen LogP contribution is 2.31. The summed E-state index contributed by atoms with van der Waals surface area (Å²) in [6, 6.07) is 13.8. The number of nitrogens with zero attached hydrogens (tertiary/aromatic N) is 4. The lowest BCUT2D eigenvalue weighted by molar-refractivity contribution is -0.122. The average molecular weight is 543 g/mol. The lowest BCUT2D eigenvalue weighted by Gasteiger charge is -2.37. The Morgan fingerprint density at radius 1 is 1.03 bits per heavy atom. The molecular formula is C30H43FN4O4. The molecule has 1 unspecified atom stereocenters. The van der Waals surface area contributed by atoms with Gasteiger partial charge in [0.15, 0.2) is 6.79 Å². The fraction of sp³-hybridized carbons (Fsp3) is 0.600. The molecule has 214 valence electrons. The zero-order valence-corrected chi connectivity index (χ0v) is 23.2. The topological polar surface area (TPSA) is 67.4 Å². The molecule has 0 radical (unpaired) electrons. The number of carbonyl (C=O) groups excluding carboxylic acids is 1. The van der Waals surface area contributed by atoms with E-state index in [1.165, 1.54) is 0 Å². The highest BCUT2D eigenvalue weighted by Gasteiger charge is 2.30. The third-order valence-electron chi connectivity index (χ3n) is 7.80. The molecule has 0 N–H and O–H groups in total. The van der Waals surface area contributed by atoms with Gasteiger partial charge in [0.25, 0.3) is 0 Å². The van der Waals surface area contributed by atoms with Crippen molar-refractivity contribution < 1.29 is 23.4 Å². The number of ether oxygens (including phenoxy) is 3. The Hall–Kier alpha value is -2.75. The van der Waals surface area contributed by atoms with E-state index in [0.29, 0.717) is 25.6 Å². The van der Waals surface area contributed by atoms with E-state index in [-0.39, 0.29) is 31.2 Å². The Balaban J connectivity index is 1.31. The van der Waals surface area contributed by atoms with Crippen LogP contribution in [0.4, 0.5) is 15.9 Å². The summed E-state index contributed by atoms with van der Waals surface area (Å²) in [6.07, 6.45) is 5.90. The molecule has 2 fully saturated rings. The quantitative estimate of drug-likeness (QED) is 0.211. The average Bonchev–Trinajstić information content (AvgIpc) is 3.24. The lowest BCUT2D eigenvalue weighted by Crippen LogP contribution is -2.49. The Bertz CT molecular complexity index is 990. The van der Waals surface area contributed by atoms with E-state index in [9.17, 15) is 9.18 Å². The van der Waals surface area contributed by atoms with E-state index in [1.54, 1.807) is 13.3 Å². The van der Waals surface area contributed by atoms with Gasteiger partial charge in [-0.05, 0) is 55.9 Å². The monoisotopic (exact) mass is 542 g/mol. The third kappa shape index (κ3) is 8.62. The zero-order valence-electron chi connectivity index (χ0n) is 23.2. The molecule has 2 heterocycles. The largest absolute Gasteiger partial charge is 0.465 e. The minimum atomic E-state index is -0.282. The highest BCUT2D eigenvalue weighted by molar-refractivity contribution is 5.94. The van der Waals surface area contributed by atoms with Crippen molar-refractivity contribution in [2.45, 2.75) is 32.1 Å². The van der Waals surface area contributed by atoms with E-state index in [4.69, 9.17) is 14.2 Å². The predicted octanol–water partition coefficient (Wildman–Crippen LogP) is 4.40. The first kappa shape index (κ1) is 29.2. The summed E-state index contributed by atoms with van der Waals surface area (Å²) in [4.78, 5) is 24.8. The summed E-state index contributed by atoms with van der Waals surface area (Å²) in [7, 11) is 1.65. The number of hydrogen-bond donors (Lipinski definition) is 0. The summed E-state index contributed by atoms with van der Waals surface area (Å²) in [5.74, 6) is 1.68. The van der Waals surface area contributed by atoms with Crippen LogP contribution in [0.3, 0.4) is 0 Å². The summed E-state index contributed by atoms with van der Waals surface area (Å²) in [6.45, 7) is 5.84. The van der Waals surface area contributed by atoms with Crippen LogP contribution in [0.1, 0.15) is 32.1 Å². The molecule has 0 bridgehead atoms. The Morgan fingerprint density at radius 3 is 2.62 bits per heavy atom. The predicted molar refractivity (Wildman–Crippen MR) is 151 cm³/mol. The maximum Gasteiger partial charge on any atom is 0.231 e. The van der Waals surface area contributed by atoms with Gasteiger partial charge >= 0.3 is 0 Å². The van der Waals surface area contributed by atoms with Gasteiger partial charge in [0.1, 0.15) is 11.6 Å². The molecule has 2 atom stereocenters. The van der Waals surface area contributed by atoms with Crippen molar-refractivity contribution >= 4 is 17.4 Å². The van der Waals surface area contributed by atoms with Gasteiger partial charge in [-0.25, -0.2) is 4.98 Å². The summed E-state index contributed by atoms with van der Waals surface area (Å²) < 4.78 is 29.6. The molecule has 2 aromatic rings. The maximum absolute atomic E-state index is 13.7. The molecule has 1 saturated heterocycles. The molecule has 1 aromatic heterocycles. The second-order valence-electron chi connectivity index (χ2n) is 10.4. The second kappa shape index (κ2) is 15.7. The molecule has 9 heteroatoms. The van der Waals surface area contributed by atoms with E-state index in [1.807, 2.05) is 41.3 Å². The molecule has 39 heavy (non-hydrogen) atoms. The van der Waals surface area contributed by atoms with Crippen LogP contribution in [0.5, 0.6) is 5.75 Å². The lowest BCUT2D eigenvalue weighted by atomic mass is 9.97.